The summed E-state index contributed by atoms with van der Waals surface area (Å²) < 4.78 is 16.3. The standard InChI is InChI=1S/C23H24ClN3O6/c1-4-32-19-12-14(10-15(24)21(19)33-5-2)11-17-22(29)27(23(30)26-17)13-20(28)25-16-8-6-7-9-18(16)31-3/h6-12H,4-5,13H2,1-3H3,(H,25,28)(H,26,30)/b17-11+. The summed E-state index contributed by atoms with van der Waals surface area (Å²) in [6.07, 6.45) is 1.46. The molecule has 0 unspecified atom stereocenters. The molecule has 1 aliphatic rings. The molecule has 4 amide bonds. The van der Waals surface area contributed by atoms with Gasteiger partial charge >= 0.3 is 6.03 Å². The van der Waals surface area contributed by atoms with E-state index in [1.807, 2.05) is 13.8 Å². The molecule has 9 nitrogen and oxygen atoms in total. The second-order valence-corrected chi connectivity index (χ2v) is 7.23. The van der Waals surface area contributed by atoms with E-state index in [0.29, 0.717) is 46.7 Å². The van der Waals surface area contributed by atoms with Crippen molar-refractivity contribution in [2.24, 2.45) is 0 Å². The second kappa shape index (κ2) is 10.7. The van der Waals surface area contributed by atoms with Crippen LogP contribution in [-0.2, 0) is 9.59 Å². The summed E-state index contributed by atoms with van der Waals surface area (Å²) in [6.45, 7) is 3.98. The number of para-hydroxylation sites is 2. The predicted molar refractivity (Wildman–Crippen MR) is 124 cm³/mol. The van der Waals surface area contributed by atoms with Crippen molar-refractivity contribution in [1.82, 2.24) is 10.2 Å². The van der Waals surface area contributed by atoms with Crippen LogP contribution < -0.4 is 24.8 Å². The SMILES string of the molecule is CCOc1cc(/C=C2/NC(=O)N(CC(=O)Nc3ccccc3OC)C2=O)cc(Cl)c1OCC. The number of ether oxygens (including phenoxy) is 3. The van der Waals surface area contributed by atoms with Crippen LogP contribution in [0, 0.1) is 0 Å². The Bertz CT molecular complexity index is 1100. The Labute approximate surface area is 196 Å². The number of carbonyl (C=O) groups excluding carboxylic acids is 3. The van der Waals surface area contributed by atoms with Crippen LogP contribution in [0.1, 0.15) is 19.4 Å². The summed E-state index contributed by atoms with van der Waals surface area (Å²) in [6, 6.07) is 9.37. The largest absolute Gasteiger partial charge is 0.495 e. The molecule has 33 heavy (non-hydrogen) atoms. The molecule has 0 radical (unpaired) electrons. The van der Waals surface area contributed by atoms with E-state index in [4.69, 9.17) is 25.8 Å². The molecular weight excluding hydrogens is 450 g/mol. The Kier molecular flexibility index (Phi) is 7.78. The lowest BCUT2D eigenvalue weighted by Crippen LogP contribution is -2.38. The maximum atomic E-state index is 12.8. The molecule has 1 saturated heterocycles. The molecule has 0 bridgehead atoms. The highest BCUT2D eigenvalue weighted by atomic mass is 35.5. The number of hydrogen-bond donors (Lipinski definition) is 2. The highest BCUT2D eigenvalue weighted by Gasteiger charge is 2.35. The number of hydrogen-bond acceptors (Lipinski definition) is 6. The number of rotatable bonds is 9. The number of carbonyl (C=O) groups is 3. The molecular formula is C23H24ClN3O6. The van der Waals surface area contributed by atoms with E-state index in [1.165, 1.54) is 13.2 Å². The van der Waals surface area contributed by atoms with Gasteiger partial charge in [0.05, 0.1) is 31.0 Å². The number of methoxy groups -OCH3 is 1. The van der Waals surface area contributed by atoms with Crippen molar-refractivity contribution in [2.45, 2.75) is 13.8 Å². The Morgan fingerprint density at radius 3 is 2.55 bits per heavy atom. The first kappa shape index (κ1) is 23.9. The van der Waals surface area contributed by atoms with Crippen molar-refractivity contribution in [3.8, 4) is 17.2 Å². The minimum Gasteiger partial charge on any atom is -0.495 e. The third kappa shape index (κ3) is 5.56. The van der Waals surface area contributed by atoms with Gasteiger partial charge in [0.1, 0.15) is 18.0 Å². The lowest BCUT2D eigenvalue weighted by atomic mass is 10.1. The highest BCUT2D eigenvalue weighted by molar-refractivity contribution is 6.32. The third-order valence-corrected chi connectivity index (χ3v) is 4.86. The number of halogens is 1. The van der Waals surface area contributed by atoms with Gasteiger partial charge in [-0.05, 0) is 49.8 Å². The van der Waals surface area contributed by atoms with Crippen molar-refractivity contribution in [2.75, 3.05) is 32.2 Å². The summed E-state index contributed by atoms with van der Waals surface area (Å²) in [5, 5.41) is 5.42. The van der Waals surface area contributed by atoms with E-state index >= 15 is 0 Å². The Morgan fingerprint density at radius 2 is 1.85 bits per heavy atom. The van der Waals surface area contributed by atoms with Crippen LogP contribution in [0.4, 0.5) is 10.5 Å². The fourth-order valence-corrected chi connectivity index (χ4v) is 3.46. The van der Waals surface area contributed by atoms with Crippen LogP contribution in [0.3, 0.4) is 0 Å². The van der Waals surface area contributed by atoms with Gasteiger partial charge in [0.25, 0.3) is 5.91 Å². The van der Waals surface area contributed by atoms with E-state index in [9.17, 15) is 14.4 Å². The van der Waals surface area contributed by atoms with Crippen molar-refractivity contribution < 1.29 is 28.6 Å². The van der Waals surface area contributed by atoms with Crippen molar-refractivity contribution >= 4 is 41.2 Å². The molecule has 3 rings (SSSR count). The molecule has 0 aromatic heterocycles. The summed E-state index contributed by atoms with van der Waals surface area (Å²) in [5.41, 5.74) is 0.962. The second-order valence-electron chi connectivity index (χ2n) is 6.82. The number of urea groups is 1. The Hall–Kier alpha value is -3.72. The number of nitrogens with one attached hydrogen (secondary N) is 2. The van der Waals surface area contributed by atoms with Gasteiger partial charge < -0.3 is 24.8 Å². The third-order valence-electron chi connectivity index (χ3n) is 4.58. The molecule has 2 aromatic rings. The Morgan fingerprint density at radius 1 is 1.12 bits per heavy atom. The van der Waals surface area contributed by atoms with E-state index in [1.54, 1.807) is 36.4 Å². The van der Waals surface area contributed by atoms with Crippen LogP contribution in [0.15, 0.2) is 42.1 Å². The van der Waals surface area contributed by atoms with Gasteiger partial charge in [0.15, 0.2) is 11.5 Å². The molecule has 1 heterocycles. The van der Waals surface area contributed by atoms with Crippen LogP contribution in [-0.4, -0.2) is 49.6 Å². The summed E-state index contributed by atoms with van der Waals surface area (Å²) >= 11 is 6.32. The maximum absolute atomic E-state index is 12.8. The molecule has 0 saturated carbocycles. The van der Waals surface area contributed by atoms with Gasteiger partial charge in [-0.15, -0.1) is 0 Å². The lowest BCUT2D eigenvalue weighted by molar-refractivity contribution is -0.127. The summed E-state index contributed by atoms with van der Waals surface area (Å²) in [5.74, 6) is 0.0920. The zero-order valence-corrected chi connectivity index (χ0v) is 19.2. The van der Waals surface area contributed by atoms with Gasteiger partial charge in [0.2, 0.25) is 5.91 Å². The first-order valence-corrected chi connectivity index (χ1v) is 10.6. The van der Waals surface area contributed by atoms with Crippen LogP contribution in [0.2, 0.25) is 5.02 Å². The smallest absolute Gasteiger partial charge is 0.329 e. The molecule has 0 aliphatic carbocycles. The van der Waals surface area contributed by atoms with E-state index in [-0.39, 0.29) is 5.70 Å². The van der Waals surface area contributed by atoms with E-state index < -0.39 is 24.4 Å². The molecule has 174 valence electrons. The zero-order chi connectivity index (χ0) is 24.0. The summed E-state index contributed by atoms with van der Waals surface area (Å²) in [7, 11) is 1.48. The maximum Gasteiger partial charge on any atom is 0.329 e. The monoisotopic (exact) mass is 473 g/mol. The minimum atomic E-state index is -0.705. The highest BCUT2D eigenvalue weighted by Crippen LogP contribution is 2.37. The van der Waals surface area contributed by atoms with Crippen LogP contribution in [0.25, 0.3) is 6.08 Å². The first-order valence-electron chi connectivity index (χ1n) is 10.2. The van der Waals surface area contributed by atoms with Crippen molar-refractivity contribution in [3.05, 3.63) is 52.7 Å². The first-order chi connectivity index (χ1) is 15.9. The average molecular weight is 474 g/mol. The van der Waals surface area contributed by atoms with Gasteiger partial charge in [-0.3, -0.25) is 9.59 Å². The molecule has 2 N–H and O–H groups in total. The predicted octanol–water partition coefficient (Wildman–Crippen LogP) is 3.68. The molecule has 1 aliphatic heterocycles. The average Bonchev–Trinajstić information content (AvgIpc) is 3.04. The molecule has 0 spiro atoms. The fraction of sp³-hybridized carbons (Fsp3) is 0.261. The number of imide groups is 1. The molecule has 10 heteroatoms. The lowest BCUT2D eigenvalue weighted by Gasteiger charge is -2.14. The number of anilines is 1. The van der Waals surface area contributed by atoms with E-state index in [0.717, 1.165) is 4.90 Å². The van der Waals surface area contributed by atoms with Gasteiger partial charge in [-0.2, -0.15) is 0 Å². The normalized spacial score (nSPS) is 14.3. The minimum absolute atomic E-state index is 0.00719. The van der Waals surface area contributed by atoms with Gasteiger partial charge in [-0.25, -0.2) is 9.69 Å². The van der Waals surface area contributed by atoms with Gasteiger partial charge in [0, 0.05) is 0 Å². The van der Waals surface area contributed by atoms with E-state index in [2.05, 4.69) is 10.6 Å². The number of nitrogens with zero attached hydrogens (tertiary/aromatic N) is 1. The van der Waals surface area contributed by atoms with Crippen molar-refractivity contribution in [1.29, 1.82) is 0 Å². The molecule has 1 fully saturated rings. The molecule has 2 aromatic carbocycles. The van der Waals surface area contributed by atoms with Gasteiger partial charge in [-0.1, -0.05) is 23.7 Å². The van der Waals surface area contributed by atoms with Crippen LogP contribution >= 0.6 is 11.6 Å². The fourth-order valence-electron chi connectivity index (χ4n) is 3.18. The quantitative estimate of drug-likeness (QED) is 0.425. The summed E-state index contributed by atoms with van der Waals surface area (Å²) in [4.78, 5) is 38.4. The molecule has 0 atom stereocenters. The topological polar surface area (TPSA) is 106 Å². The van der Waals surface area contributed by atoms with Crippen molar-refractivity contribution in [3.63, 3.8) is 0 Å². The number of benzene rings is 2. The number of amides is 4. The Balaban J connectivity index is 1.77. The zero-order valence-electron chi connectivity index (χ0n) is 18.4. The van der Waals surface area contributed by atoms with Crippen LogP contribution in [0.5, 0.6) is 17.2 Å².